The van der Waals surface area contributed by atoms with Crippen LogP contribution in [0, 0.1) is 17.9 Å². The maximum atomic E-state index is 9.73. The molecule has 16 heavy (non-hydrogen) atoms. The normalized spacial score (nSPS) is 35.4. The van der Waals surface area contributed by atoms with Crippen LogP contribution >= 0.6 is 0 Å². The van der Waals surface area contributed by atoms with Crippen LogP contribution in [0.5, 0.6) is 0 Å². The van der Waals surface area contributed by atoms with Crippen molar-refractivity contribution in [2.24, 2.45) is 11.3 Å². The zero-order valence-electron chi connectivity index (χ0n) is 10.7. The molecule has 0 aliphatic carbocycles. The van der Waals surface area contributed by atoms with E-state index in [1.54, 1.807) is 0 Å². The zero-order chi connectivity index (χ0) is 12.3. The summed E-state index contributed by atoms with van der Waals surface area (Å²) >= 11 is 0. The third-order valence-corrected chi connectivity index (χ3v) is 4.08. The molecule has 0 aromatic rings. The number of ether oxygens (including phenoxy) is 1. The molecule has 1 unspecified atom stereocenters. The molecule has 1 fully saturated rings. The highest BCUT2D eigenvalue weighted by atomic mass is 16.5. The lowest BCUT2D eigenvalue weighted by Gasteiger charge is -2.44. The Bertz CT molecular complexity index is 270. The number of rotatable bonds is 3. The van der Waals surface area contributed by atoms with Crippen molar-refractivity contribution in [3.05, 3.63) is 11.4 Å². The largest absolute Gasteiger partial charge is 0.393 e. The smallest absolute Gasteiger partial charge is 0.328 e. The van der Waals surface area contributed by atoms with Crippen molar-refractivity contribution in [2.45, 2.75) is 65.4 Å². The molecule has 1 aliphatic heterocycles. The average molecular weight is 225 g/mol. The Balaban J connectivity index is 2.74. The van der Waals surface area contributed by atoms with E-state index >= 15 is 0 Å². The Hall–Kier alpha value is -0.590. The first-order valence-electron chi connectivity index (χ1n) is 6.11. The van der Waals surface area contributed by atoms with Gasteiger partial charge in [-0.15, -0.1) is 0 Å². The second-order valence-corrected chi connectivity index (χ2v) is 5.46. The Morgan fingerprint density at radius 2 is 2.19 bits per heavy atom. The number of nitrogens with zero attached hydrogens (tertiary/aromatic N) is 1. The van der Waals surface area contributed by atoms with Crippen molar-refractivity contribution in [3.8, 4) is 0 Å². The Morgan fingerprint density at radius 3 is 2.69 bits per heavy atom. The molecule has 1 N–H and O–H groups in total. The van der Waals surface area contributed by atoms with E-state index in [0.717, 1.165) is 12.8 Å². The van der Waals surface area contributed by atoms with E-state index in [1.807, 2.05) is 6.92 Å². The van der Waals surface area contributed by atoms with Gasteiger partial charge in [0.2, 0.25) is 0 Å². The van der Waals surface area contributed by atoms with Gasteiger partial charge in [-0.25, -0.2) is 6.57 Å². The van der Waals surface area contributed by atoms with E-state index in [9.17, 15) is 5.11 Å². The van der Waals surface area contributed by atoms with Crippen LogP contribution in [-0.4, -0.2) is 23.5 Å². The Labute approximate surface area is 98.6 Å². The summed E-state index contributed by atoms with van der Waals surface area (Å²) in [7, 11) is 0. The highest BCUT2D eigenvalue weighted by molar-refractivity contribution is 4.93. The minimum atomic E-state index is -0.322. The van der Waals surface area contributed by atoms with Crippen molar-refractivity contribution >= 4 is 0 Å². The summed E-state index contributed by atoms with van der Waals surface area (Å²) in [6.07, 6.45) is 1.53. The molecular weight excluding hydrogens is 202 g/mol. The maximum Gasteiger partial charge on any atom is 0.328 e. The number of aliphatic hydroxyl groups is 1. The molecule has 1 aliphatic rings. The maximum absolute atomic E-state index is 9.73. The molecule has 1 saturated heterocycles. The fourth-order valence-electron chi connectivity index (χ4n) is 2.20. The fourth-order valence-corrected chi connectivity index (χ4v) is 2.20. The number of aliphatic hydroxyl groups excluding tert-OH is 1. The molecule has 0 saturated carbocycles. The van der Waals surface area contributed by atoms with Crippen LogP contribution in [-0.2, 0) is 4.74 Å². The molecule has 4 atom stereocenters. The molecule has 92 valence electrons. The molecule has 0 amide bonds. The second-order valence-electron chi connectivity index (χ2n) is 5.46. The van der Waals surface area contributed by atoms with E-state index < -0.39 is 0 Å². The van der Waals surface area contributed by atoms with Crippen molar-refractivity contribution in [3.63, 3.8) is 0 Å². The van der Waals surface area contributed by atoms with E-state index in [4.69, 9.17) is 11.3 Å². The summed E-state index contributed by atoms with van der Waals surface area (Å²) in [6.45, 7) is 15.6. The molecular formula is C13H23NO2. The summed E-state index contributed by atoms with van der Waals surface area (Å²) < 4.78 is 5.78. The summed E-state index contributed by atoms with van der Waals surface area (Å²) in [5.74, 6) is 0.453. The molecule has 3 heteroatoms. The first-order valence-corrected chi connectivity index (χ1v) is 6.11. The first kappa shape index (κ1) is 13.5. The first-order chi connectivity index (χ1) is 7.41. The van der Waals surface area contributed by atoms with E-state index in [0.29, 0.717) is 12.3 Å². The standard InChI is InChI=1S/C13H23NO2/c1-6-10(15)8-11-13(3,4)9(2)7-12(14-5)16-11/h9-12,15H,6-8H2,1-4H3/t9-,10?,11-,12+/m1/s1. The predicted octanol–water partition coefficient (Wildman–Crippen LogP) is 2.84. The van der Waals surface area contributed by atoms with Crippen LogP contribution in [0.15, 0.2) is 0 Å². The van der Waals surface area contributed by atoms with E-state index in [1.165, 1.54) is 0 Å². The third-order valence-electron chi connectivity index (χ3n) is 4.08. The van der Waals surface area contributed by atoms with Gasteiger partial charge in [-0.05, 0) is 17.8 Å². The van der Waals surface area contributed by atoms with Crippen LogP contribution in [0.1, 0.15) is 47.0 Å². The second kappa shape index (κ2) is 5.16. The van der Waals surface area contributed by atoms with Crippen LogP contribution in [0.25, 0.3) is 4.85 Å². The molecule has 1 heterocycles. The van der Waals surface area contributed by atoms with Crippen molar-refractivity contribution in [1.82, 2.24) is 0 Å². The minimum Gasteiger partial charge on any atom is -0.393 e. The highest BCUT2D eigenvalue weighted by Gasteiger charge is 2.45. The average Bonchev–Trinajstić information content (AvgIpc) is 2.24. The minimum absolute atomic E-state index is 0.00898. The molecule has 3 nitrogen and oxygen atoms in total. The molecule has 0 radical (unpaired) electrons. The van der Waals surface area contributed by atoms with Gasteiger partial charge in [0.15, 0.2) is 0 Å². The lowest BCUT2D eigenvalue weighted by atomic mass is 9.70. The van der Waals surface area contributed by atoms with Crippen molar-refractivity contribution in [1.29, 1.82) is 0 Å². The van der Waals surface area contributed by atoms with Crippen molar-refractivity contribution in [2.75, 3.05) is 0 Å². The van der Waals surface area contributed by atoms with Gasteiger partial charge in [-0.3, -0.25) is 4.85 Å². The predicted molar refractivity (Wildman–Crippen MR) is 63.7 cm³/mol. The SMILES string of the molecule is [C-]#[N+][C@@H]1C[C@@H](C)C(C)(C)[C@@H](CC(O)CC)O1. The Kier molecular flexibility index (Phi) is 4.35. The topological polar surface area (TPSA) is 33.8 Å². The lowest BCUT2D eigenvalue weighted by Crippen LogP contribution is -2.46. The summed E-state index contributed by atoms with van der Waals surface area (Å²) in [5, 5.41) is 9.73. The van der Waals surface area contributed by atoms with Gasteiger partial charge in [0, 0.05) is 6.42 Å². The molecule has 0 aromatic carbocycles. The van der Waals surface area contributed by atoms with Gasteiger partial charge in [-0.1, -0.05) is 27.7 Å². The zero-order valence-corrected chi connectivity index (χ0v) is 10.7. The van der Waals surface area contributed by atoms with Gasteiger partial charge in [0.25, 0.3) is 0 Å². The fraction of sp³-hybridized carbons (Fsp3) is 0.923. The van der Waals surface area contributed by atoms with Gasteiger partial charge in [0.05, 0.1) is 18.6 Å². The summed E-state index contributed by atoms with van der Waals surface area (Å²) in [6, 6.07) is 0. The van der Waals surface area contributed by atoms with Gasteiger partial charge in [0.1, 0.15) is 0 Å². The summed E-state index contributed by atoms with van der Waals surface area (Å²) in [5.41, 5.74) is 0.0390. The van der Waals surface area contributed by atoms with Crippen molar-refractivity contribution < 1.29 is 9.84 Å². The van der Waals surface area contributed by atoms with Gasteiger partial charge >= 0.3 is 6.23 Å². The quantitative estimate of drug-likeness (QED) is 0.749. The lowest BCUT2D eigenvalue weighted by molar-refractivity contribution is -0.141. The highest BCUT2D eigenvalue weighted by Crippen LogP contribution is 2.42. The van der Waals surface area contributed by atoms with E-state index in [2.05, 4.69) is 25.6 Å². The molecule has 0 bridgehead atoms. The molecule has 0 aromatic heterocycles. The van der Waals surface area contributed by atoms with Crippen LogP contribution in [0.2, 0.25) is 0 Å². The molecule has 1 rings (SSSR count). The Morgan fingerprint density at radius 1 is 1.56 bits per heavy atom. The number of hydrogen-bond acceptors (Lipinski definition) is 2. The van der Waals surface area contributed by atoms with Crippen LogP contribution < -0.4 is 0 Å². The molecule has 0 spiro atoms. The van der Waals surface area contributed by atoms with Crippen LogP contribution in [0.4, 0.5) is 0 Å². The third kappa shape index (κ3) is 2.75. The monoisotopic (exact) mass is 225 g/mol. The van der Waals surface area contributed by atoms with Gasteiger partial charge < -0.3 is 9.84 Å². The number of hydrogen-bond donors (Lipinski definition) is 1. The van der Waals surface area contributed by atoms with E-state index in [-0.39, 0.29) is 23.9 Å². The van der Waals surface area contributed by atoms with Crippen LogP contribution in [0.3, 0.4) is 0 Å². The van der Waals surface area contributed by atoms with Gasteiger partial charge in [-0.2, -0.15) is 0 Å². The summed E-state index contributed by atoms with van der Waals surface area (Å²) in [4.78, 5) is 3.49.